The minimum atomic E-state index is -0.466. The van der Waals surface area contributed by atoms with E-state index in [1.165, 1.54) is 16.8 Å². The van der Waals surface area contributed by atoms with Crippen LogP contribution in [0.2, 0.25) is 0 Å². The summed E-state index contributed by atoms with van der Waals surface area (Å²) in [6, 6.07) is 11.3. The van der Waals surface area contributed by atoms with Gasteiger partial charge in [-0.05, 0) is 36.8 Å². The van der Waals surface area contributed by atoms with Gasteiger partial charge in [-0.15, -0.1) is 0 Å². The second kappa shape index (κ2) is 8.15. The molecule has 9 nitrogen and oxygen atoms in total. The van der Waals surface area contributed by atoms with E-state index in [9.17, 15) is 14.9 Å². The van der Waals surface area contributed by atoms with Crippen molar-refractivity contribution in [2.45, 2.75) is 13.3 Å². The van der Waals surface area contributed by atoms with Crippen LogP contribution in [-0.2, 0) is 11.2 Å². The quantitative estimate of drug-likeness (QED) is 0.446. The van der Waals surface area contributed by atoms with Crippen molar-refractivity contribution in [3.63, 3.8) is 0 Å². The van der Waals surface area contributed by atoms with Crippen LogP contribution in [0.1, 0.15) is 11.3 Å². The molecule has 2 aromatic carbocycles. The lowest BCUT2D eigenvalue weighted by molar-refractivity contribution is -0.384. The van der Waals surface area contributed by atoms with Crippen LogP contribution in [0.15, 0.2) is 46.9 Å². The molecule has 1 aliphatic heterocycles. The van der Waals surface area contributed by atoms with Crippen molar-refractivity contribution in [2.75, 3.05) is 18.5 Å². The average molecular weight is 473 g/mol. The number of nitro groups is 1. The standard InChI is InChI=1S/C20H17BrN4O5/c1-12-8-19(24(23-12)14-2-4-15(5-3-14)25(27)28)22-20(26)10-13-9-17-18(11-16(13)21)30-7-6-29-17/h2-5,8-9,11H,6-7,10H2,1H3,(H,22,26). The van der Waals surface area contributed by atoms with Gasteiger partial charge in [-0.3, -0.25) is 14.9 Å². The molecule has 2 heterocycles. The molecule has 0 saturated heterocycles. The van der Waals surface area contributed by atoms with Crippen LogP contribution in [-0.4, -0.2) is 33.8 Å². The van der Waals surface area contributed by atoms with Gasteiger partial charge in [0.25, 0.3) is 5.69 Å². The molecule has 0 radical (unpaired) electrons. The third-order valence-electron chi connectivity index (χ3n) is 4.47. The fourth-order valence-corrected chi connectivity index (χ4v) is 3.57. The van der Waals surface area contributed by atoms with Crippen molar-refractivity contribution >= 4 is 33.3 Å². The number of nitrogens with one attached hydrogen (secondary N) is 1. The largest absolute Gasteiger partial charge is 0.486 e. The number of anilines is 1. The number of nitro benzene ring substituents is 1. The minimum Gasteiger partial charge on any atom is -0.486 e. The first kappa shape index (κ1) is 19.9. The summed E-state index contributed by atoms with van der Waals surface area (Å²) in [7, 11) is 0. The number of ether oxygens (including phenoxy) is 2. The minimum absolute atomic E-state index is 0.0170. The molecule has 30 heavy (non-hydrogen) atoms. The summed E-state index contributed by atoms with van der Waals surface area (Å²) in [5.74, 6) is 1.48. The molecule has 3 aromatic rings. The molecule has 0 fully saturated rings. The van der Waals surface area contributed by atoms with E-state index in [1.807, 2.05) is 0 Å². The van der Waals surface area contributed by atoms with E-state index in [0.717, 1.165) is 10.0 Å². The third kappa shape index (κ3) is 4.13. The molecule has 0 spiro atoms. The third-order valence-corrected chi connectivity index (χ3v) is 5.20. The normalized spacial score (nSPS) is 12.5. The number of non-ortho nitro benzene ring substituents is 1. The molecule has 0 atom stereocenters. The van der Waals surface area contributed by atoms with E-state index in [-0.39, 0.29) is 18.0 Å². The summed E-state index contributed by atoms with van der Waals surface area (Å²) in [5.41, 5.74) is 2.04. The van der Waals surface area contributed by atoms with Crippen LogP contribution in [0, 0.1) is 17.0 Å². The van der Waals surface area contributed by atoms with Crippen LogP contribution >= 0.6 is 15.9 Å². The lowest BCUT2D eigenvalue weighted by atomic mass is 10.1. The highest BCUT2D eigenvalue weighted by Crippen LogP contribution is 2.35. The van der Waals surface area contributed by atoms with Gasteiger partial charge in [-0.2, -0.15) is 5.10 Å². The molecular formula is C20H17BrN4O5. The maximum absolute atomic E-state index is 12.7. The smallest absolute Gasteiger partial charge is 0.269 e. The second-order valence-electron chi connectivity index (χ2n) is 6.67. The molecule has 1 aliphatic rings. The molecule has 0 saturated carbocycles. The van der Waals surface area contributed by atoms with Gasteiger partial charge in [0.15, 0.2) is 11.5 Å². The zero-order valence-electron chi connectivity index (χ0n) is 15.9. The lowest BCUT2D eigenvalue weighted by Gasteiger charge is -2.19. The Labute approximate surface area is 179 Å². The number of rotatable bonds is 5. The van der Waals surface area contributed by atoms with Gasteiger partial charge in [0.2, 0.25) is 5.91 Å². The Bertz CT molecular complexity index is 1130. The first-order chi connectivity index (χ1) is 14.4. The van der Waals surface area contributed by atoms with Gasteiger partial charge >= 0.3 is 0 Å². The number of aryl methyl sites for hydroxylation is 1. The number of nitrogens with zero attached hydrogens (tertiary/aromatic N) is 3. The predicted molar refractivity (Wildman–Crippen MR) is 112 cm³/mol. The molecule has 1 N–H and O–H groups in total. The molecule has 0 aliphatic carbocycles. The number of fused-ring (bicyclic) bond motifs is 1. The van der Waals surface area contributed by atoms with Crippen molar-refractivity contribution in [1.29, 1.82) is 0 Å². The highest BCUT2D eigenvalue weighted by molar-refractivity contribution is 9.10. The number of hydrogen-bond donors (Lipinski definition) is 1. The number of amides is 1. The predicted octanol–water partition coefficient (Wildman–Crippen LogP) is 3.80. The number of hydrogen-bond acceptors (Lipinski definition) is 6. The van der Waals surface area contributed by atoms with Gasteiger partial charge in [0.05, 0.1) is 22.7 Å². The summed E-state index contributed by atoms with van der Waals surface area (Å²) in [6.07, 6.45) is 0.113. The fraction of sp³-hybridized carbons (Fsp3) is 0.200. The monoisotopic (exact) mass is 472 g/mol. The number of benzene rings is 2. The van der Waals surface area contributed by atoms with E-state index in [2.05, 4.69) is 26.3 Å². The van der Waals surface area contributed by atoms with E-state index in [0.29, 0.717) is 41.9 Å². The maximum Gasteiger partial charge on any atom is 0.269 e. The molecule has 4 rings (SSSR count). The van der Waals surface area contributed by atoms with Crippen molar-refractivity contribution in [2.24, 2.45) is 0 Å². The number of carbonyl (C=O) groups is 1. The van der Waals surface area contributed by atoms with Crippen LogP contribution < -0.4 is 14.8 Å². The fourth-order valence-electron chi connectivity index (χ4n) is 3.10. The van der Waals surface area contributed by atoms with Gasteiger partial charge < -0.3 is 14.8 Å². The Morgan fingerprint density at radius 2 is 1.87 bits per heavy atom. The molecule has 1 amide bonds. The SMILES string of the molecule is Cc1cc(NC(=O)Cc2cc3c(cc2Br)OCCO3)n(-c2ccc([N+](=O)[O-])cc2)n1. The Morgan fingerprint density at radius 1 is 1.20 bits per heavy atom. The molecule has 10 heteroatoms. The second-order valence-corrected chi connectivity index (χ2v) is 7.52. The van der Waals surface area contributed by atoms with Crippen LogP contribution in [0.3, 0.4) is 0 Å². The highest BCUT2D eigenvalue weighted by atomic mass is 79.9. The van der Waals surface area contributed by atoms with Crippen molar-refractivity contribution in [1.82, 2.24) is 9.78 Å². The van der Waals surface area contributed by atoms with E-state index in [4.69, 9.17) is 9.47 Å². The molecule has 0 unspecified atom stereocenters. The molecular weight excluding hydrogens is 456 g/mol. The van der Waals surface area contributed by atoms with Gasteiger partial charge in [0, 0.05) is 22.7 Å². The van der Waals surface area contributed by atoms with Crippen molar-refractivity contribution in [3.05, 3.63) is 68.3 Å². The first-order valence-corrected chi connectivity index (χ1v) is 9.89. The number of halogens is 1. The molecule has 0 bridgehead atoms. The number of carbonyl (C=O) groups excluding carboxylic acids is 1. The first-order valence-electron chi connectivity index (χ1n) is 9.10. The molecule has 1 aromatic heterocycles. The summed E-state index contributed by atoms with van der Waals surface area (Å²) in [6.45, 7) is 2.76. The summed E-state index contributed by atoms with van der Waals surface area (Å²) >= 11 is 3.47. The van der Waals surface area contributed by atoms with E-state index >= 15 is 0 Å². The van der Waals surface area contributed by atoms with E-state index < -0.39 is 4.92 Å². The van der Waals surface area contributed by atoms with Gasteiger partial charge in [-0.1, -0.05) is 15.9 Å². The summed E-state index contributed by atoms with van der Waals surface area (Å²) < 4.78 is 13.4. The van der Waals surface area contributed by atoms with Crippen LogP contribution in [0.5, 0.6) is 11.5 Å². The van der Waals surface area contributed by atoms with E-state index in [1.54, 1.807) is 37.3 Å². The zero-order valence-corrected chi connectivity index (χ0v) is 17.5. The number of aromatic nitrogens is 2. The van der Waals surface area contributed by atoms with Crippen LogP contribution in [0.25, 0.3) is 5.69 Å². The van der Waals surface area contributed by atoms with Gasteiger partial charge in [-0.25, -0.2) is 4.68 Å². The van der Waals surface area contributed by atoms with Crippen molar-refractivity contribution in [3.8, 4) is 17.2 Å². The average Bonchev–Trinajstić information content (AvgIpc) is 3.08. The Kier molecular flexibility index (Phi) is 5.40. The Hall–Kier alpha value is -3.40. The Morgan fingerprint density at radius 3 is 2.53 bits per heavy atom. The Balaban J connectivity index is 1.54. The van der Waals surface area contributed by atoms with Crippen molar-refractivity contribution < 1.29 is 19.2 Å². The highest BCUT2D eigenvalue weighted by Gasteiger charge is 2.18. The lowest BCUT2D eigenvalue weighted by Crippen LogP contribution is -2.18. The van der Waals surface area contributed by atoms with Gasteiger partial charge in [0.1, 0.15) is 19.0 Å². The zero-order chi connectivity index (χ0) is 21.3. The summed E-state index contributed by atoms with van der Waals surface area (Å²) in [4.78, 5) is 23.1. The summed E-state index contributed by atoms with van der Waals surface area (Å²) in [5, 5.41) is 18.1. The van der Waals surface area contributed by atoms with Crippen LogP contribution in [0.4, 0.5) is 11.5 Å². The topological polar surface area (TPSA) is 109 Å². The molecule has 154 valence electrons. The maximum atomic E-state index is 12.7.